The van der Waals surface area contributed by atoms with Crippen LogP contribution in [0.5, 0.6) is 5.75 Å². The predicted molar refractivity (Wildman–Crippen MR) is 136 cm³/mol. The van der Waals surface area contributed by atoms with Crippen LogP contribution in [0.1, 0.15) is 28.2 Å². The number of methoxy groups -OCH3 is 1. The quantitative estimate of drug-likeness (QED) is 0.453. The molecule has 3 aromatic carbocycles. The van der Waals surface area contributed by atoms with Crippen molar-refractivity contribution in [2.75, 3.05) is 45.7 Å². The van der Waals surface area contributed by atoms with Crippen molar-refractivity contribution in [2.24, 2.45) is 0 Å². The molecule has 3 nitrogen and oxygen atoms in total. The molecule has 0 N–H and O–H groups in total. The lowest BCUT2D eigenvalue weighted by molar-refractivity contribution is 0.306. The van der Waals surface area contributed by atoms with Crippen LogP contribution in [0.3, 0.4) is 0 Å². The molecule has 0 saturated heterocycles. The van der Waals surface area contributed by atoms with Crippen LogP contribution in [0.2, 0.25) is 5.02 Å². The van der Waals surface area contributed by atoms with Crippen molar-refractivity contribution in [3.63, 3.8) is 0 Å². The van der Waals surface area contributed by atoms with Gasteiger partial charge in [-0.2, -0.15) is 0 Å². The Morgan fingerprint density at radius 1 is 1.06 bits per heavy atom. The molecule has 0 radical (unpaired) electrons. The average Bonchev–Trinajstić information content (AvgIpc) is 2.98. The minimum atomic E-state index is 0.285. The summed E-state index contributed by atoms with van der Waals surface area (Å²) < 4.78 is 5.54. The van der Waals surface area contributed by atoms with Crippen molar-refractivity contribution in [1.82, 2.24) is 4.90 Å². The SMILES string of the molecule is COc1cc2c(cc1Cl)CCN(C/C=C/c1ccc(N(C)C)cc1)C[C@@H]2c1ccccc1. The van der Waals surface area contributed by atoms with E-state index < -0.39 is 0 Å². The highest BCUT2D eigenvalue weighted by Gasteiger charge is 2.25. The molecule has 1 atom stereocenters. The smallest absolute Gasteiger partial charge is 0.137 e. The Kier molecular flexibility index (Phi) is 7.19. The first-order chi connectivity index (χ1) is 15.5. The number of nitrogens with zero attached hydrogens (tertiary/aromatic N) is 2. The van der Waals surface area contributed by atoms with E-state index in [0.29, 0.717) is 5.02 Å². The lowest BCUT2D eigenvalue weighted by atomic mass is 9.88. The number of fused-ring (bicyclic) bond motifs is 1. The van der Waals surface area contributed by atoms with E-state index in [1.165, 1.54) is 27.9 Å². The average molecular weight is 447 g/mol. The van der Waals surface area contributed by atoms with Crippen LogP contribution in [0.25, 0.3) is 6.08 Å². The van der Waals surface area contributed by atoms with E-state index in [9.17, 15) is 0 Å². The third-order valence-electron chi connectivity index (χ3n) is 6.21. The molecular formula is C28H31ClN2O. The fraction of sp³-hybridized carbons (Fsp3) is 0.286. The Morgan fingerprint density at radius 3 is 2.50 bits per heavy atom. The van der Waals surface area contributed by atoms with Gasteiger partial charge in [0.2, 0.25) is 0 Å². The molecule has 1 aliphatic rings. The standard InChI is InChI=1S/C28H31ClN2O/c1-30(2)24-13-11-21(12-14-24)8-7-16-31-17-15-23-18-27(29)28(32-3)19-25(23)26(20-31)22-9-5-4-6-10-22/h4-14,18-19,26H,15-17,20H2,1-3H3/b8-7+/t26-/m1/s1. The van der Waals surface area contributed by atoms with Gasteiger partial charge in [-0.05, 0) is 52.9 Å². The first-order valence-electron chi connectivity index (χ1n) is 11.1. The summed E-state index contributed by atoms with van der Waals surface area (Å²) in [6.07, 6.45) is 5.47. The predicted octanol–water partition coefficient (Wildman–Crippen LogP) is 6.12. The van der Waals surface area contributed by atoms with E-state index in [1.54, 1.807) is 7.11 Å². The topological polar surface area (TPSA) is 15.7 Å². The largest absolute Gasteiger partial charge is 0.495 e. The van der Waals surface area contributed by atoms with E-state index in [4.69, 9.17) is 16.3 Å². The van der Waals surface area contributed by atoms with Crippen LogP contribution in [-0.4, -0.2) is 45.7 Å². The van der Waals surface area contributed by atoms with E-state index >= 15 is 0 Å². The molecule has 0 aromatic heterocycles. The van der Waals surface area contributed by atoms with E-state index in [2.05, 4.69) is 103 Å². The van der Waals surface area contributed by atoms with Gasteiger partial charge in [0.1, 0.15) is 5.75 Å². The number of benzene rings is 3. The molecule has 4 heteroatoms. The summed E-state index contributed by atoms with van der Waals surface area (Å²) >= 11 is 6.47. The Labute approximate surface area is 196 Å². The van der Waals surface area contributed by atoms with Gasteiger partial charge in [-0.1, -0.05) is 66.2 Å². The maximum atomic E-state index is 6.47. The third-order valence-corrected chi connectivity index (χ3v) is 6.51. The maximum absolute atomic E-state index is 6.47. The molecule has 32 heavy (non-hydrogen) atoms. The highest BCUT2D eigenvalue weighted by molar-refractivity contribution is 6.32. The monoisotopic (exact) mass is 446 g/mol. The first kappa shape index (κ1) is 22.4. The Morgan fingerprint density at radius 2 is 1.81 bits per heavy atom. The van der Waals surface area contributed by atoms with E-state index in [1.807, 2.05) is 0 Å². The van der Waals surface area contributed by atoms with Gasteiger partial charge in [-0.3, -0.25) is 4.90 Å². The Bertz CT molecular complexity index is 1060. The molecule has 0 bridgehead atoms. The summed E-state index contributed by atoms with van der Waals surface area (Å²) in [6, 6.07) is 23.7. The number of ether oxygens (including phenoxy) is 1. The molecule has 1 heterocycles. The first-order valence-corrected chi connectivity index (χ1v) is 11.5. The van der Waals surface area contributed by atoms with Crippen LogP contribution in [0.15, 0.2) is 72.8 Å². The van der Waals surface area contributed by atoms with Crippen molar-refractivity contribution >= 4 is 23.4 Å². The molecule has 0 spiro atoms. The summed E-state index contributed by atoms with van der Waals surface area (Å²) in [6.45, 7) is 2.88. The Balaban J connectivity index is 1.55. The van der Waals surface area contributed by atoms with Gasteiger partial charge in [-0.25, -0.2) is 0 Å². The van der Waals surface area contributed by atoms with Crippen molar-refractivity contribution < 1.29 is 4.74 Å². The zero-order valence-electron chi connectivity index (χ0n) is 19.1. The molecule has 4 rings (SSSR count). The normalized spacial score (nSPS) is 16.6. The second-order valence-corrected chi connectivity index (χ2v) is 8.95. The van der Waals surface area contributed by atoms with Gasteiger partial charge in [-0.15, -0.1) is 0 Å². The van der Waals surface area contributed by atoms with Crippen LogP contribution in [-0.2, 0) is 6.42 Å². The lowest BCUT2D eigenvalue weighted by Gasteiger charge is -2.24. The number of anilines is 1. The molecule has 0 saturated carbocycles. The van der Waals surface area contributed by atoms with Gasteiger partial charge in [0.05, 0.1) is 12.1 Å². The number of halogens is 1. The summed E-state index contributed by atoms with van der Waals surface area (Å²) in [5.41, 5.74) is 6.41. The van der Waals surface area contributed by atoms with Crippen LogP contribution in [0.4, 0.5) is 5.69 Å². The van der Waals surface area contributed by atoms with Crippen LogP contribution >= 0.6 is 11.6 Å². The molecular weight excluding hydrogens is 416 g/mol. The summed E-state index contributed by atoms with van der Waals surface area (Å²) in [4.78, 5) is 4.65. The number of hydrogen-bond donors (Lipinski definition) is 0. The highest BCUT2D eigenvalue weighted by atomic mass is 35.5. The summed E-state index contributed by atoms with van der Waals surface area (Å²) in [7, 11) is 5.81. The second-order valence-electron chi connectivity index (χ2n) is 8.55. The van der Waals surface area contributed by atoms with Crippen molar-refractivity contribution in [3.05, 3.63) is 100 Å². The molecule has 0 amide bonds. The molecule has 0 aliphatic carbocycles. The molecule has 3 aromatic rings. The molecule has 0 fully saturated rings. The summed E-state index contributed by atoms with van der Waals surface area (Å²) in [5.74, 6) is 1.04. The van der Waals surface area contributed by atoms with Gasteiger partial charge >= 0.3 is 0 Å². The van der Waals surface area contributed by atoms with Crippen molar-refractivity contribution in [3.8, 4) is 5.75 Å². The van der Waals surface area contributed by atoms with Crippen LogP contribution in [0, 0.1) is 0 Å². The van der Waals surface area contributed by atoms with Crippen molar-refractivity contribution in [2.45, 2.75) is 12.3 Å². The van der Waals surface area contributed by atoms with Gasteiger partial charge < -0.3 is 9.64 Å². The van der Waals surface area contributed by atoms with Gasteiger partial charge in [0, 0.05) is 45.3 Å². The third kappa shape index (κ3) is 5.17. The zero-order chi connectivity index (χ0) is 22.5. The minimum Gasteiger partial charge on any atom is -0.495 e. The van der Waals surface area contributed by atoms with Gasteiger partial charge in [0.15, 0.2) is 0 Å². The maximum Gasteiger partial charge on any atom is 0.137 e. The van der Waals surface area contributed by atoms with E-state index in [0.717, 1.165) is 31.8 Å². The highest BCUT2D eigenvalue weighted by Crippen LogP contribution is 2.37. The van der Waals surface area contributed by atoms with Gasteiger partial charge in [0.25, 0.3) is 0 Å². The molecule has 0 unspecified atom stereocenters. The Hall–Kier alpha value is -2.75. The van der Waals surface area contributed by atoms with E-state index in [-0.39, 0.29) is 5.92 Å². The summed E-state index contributed by atoms with van der Waals surface area (Å²) in [5, 5.41) is 0.688. The lowest BCUT2D eigenvalue weighted by Crippen LogP contribution is -2.29. The fourth-order valence-corrected chi connectivity index (χ4v) is 4.66. The number of rotatable bonds is 6. The molecule has 166 valence electrons. The van der Waals surface area contributed by atoms with Crippen molar-refractivity contribution in [1.29, 1.82) is 0 Å². The minimum absolute atomic E-state index is 0.285. The molecule has 1 aliphatic heterocycles. The fourth-order valence-electron chi connectivity index (χ4n) is 4.39. The zero-order valence-corrected chi connectivity index (χ0v) is 19.8. The second kappa shape index (κ2) is 10.2. The number of hydrogen-bond acceptors (Lipinski definition) is 3. The van der Waals surface area contributed by atoms with Crippen LogP contribution < -0.4 is 9.64 Å².